The second kappa shape index (κ2) is 6.29. The SMILES string of the molecule is O=C(O)CS(=O)(=O)N1CCN(Cc2ccncc2)CC1. The van der Waals surface area contributed by atoms with E-state index in [4.69, 9.17) is 5.11 Å². The first-order valence-corrected chi connectivity index (χ1v) is 7.89. The number of rotatable bonds is 5. The highest BCUT2D eigenvalue weighted by molar-refractivity contribution is 7.89. The molecule has 0 radical (unpaired) electrons. The fourth-order valence-electron chi connectivity index (χ4n) is 2.16. The molecule has 0 unspecified atom stereocenters. The van der Waals surface area contributed by atoms with Crippen LogP contribution in [0.15, 0.2) is 24.5 Å². The van der Waals surface area contributed by atoms with Crippen LogP contribution in [0.2, 0.25) is 0 Å². The maximum absolute atomic E-state index is 11.8. The number of pyridine rings is 1. The number of aromatic nitrogens is 1. The van der Waals surface area contributed by atoms with Crippen LogP contribution in [0.1, 0.15) is 5.56 Å². The van der Waals surface area contributed by atoms with Crippen molar-refractivity contribution in [1.82, 2.24) is 14.2 Å². The van der Waals surface area contributed by atoms with E-state index in [1.54, 1.807) is 12.4 Å². The molecular weight excluding hydrogens is 282 g/mol. The van der Waals surface area contributed by atoms with Gasteiger partial charge in [-0.1, -0.05) is 0 Å². The van der Waals surface area contributed by atoms with E-state index in [0.717, 1.165) is 12.1 Å². The van der Waals surface area contributed by atoms with Gasteiger partial charge in [-0.05, 0) is 17.7 Å². The number of hydrogen-bond donors (Lipinski definition) is 1. The van der Waals surface area contributed by atoms with Crippen LogP contribution in [0.5, 0.6) is 0 Å². The Balaban J connectivity index is 1.88. The summed E-state index contributed by atoms with van der Waals surface area (Å²) in [4.78, 5) is 16.6. The van der Waals surface area contributed by atoms with Gasteiger partial charge < -0.3 is 5.11 Å². The predicted octanol–water partition coefficient (Wildman–Crippen LogP) is -0.386. The summed E-state index contributed by atoms with van der Waals surface area (Å²) < 4.78 is 24.8. The topological polar surface area (TPSA) is 90.8 Å². The fraction of sp³-hybridized carbons (Fsp3) is 0.500. The Labute approximate surface area is 117 Å². The largest absolute Gasteiger partial charge is 0.480 e. The van der Waals surface area contributed by atoms with E-state index in [1.165, 1.54) is 4.31 Å². The number of carbonyl (C=O) groups is 1. The highest BCUT2D eigenvalue weighted by atomic mass is 32.2. The summed E-state index contributed by atoms with van der Waals surface area (Å²) in [6.45, 7) is 2.61. The molecule has 110 valence electrons. The third-order valence-electron chi connectivity index (χ3n) is 3.19. The molecule has 0 spiro atoms. The van der Waals surface area contributed by atoms with Gasteiger partial charge in [-0.15, -0.1) is 0 Å². The van der Waals surface area contributed by atoms with Gasteiger partial charge in [0.2, 0.25) is 10.0 Å². The summed E-state index contributed by atoms with van der Waals surface area (Å²) in [5.74, 6) is -2.15. The smallest absolute Gasteiger partial charge is 0.320 e. The normalized spacial score (nSPS) is 18.0. The van der Waals surface area contributed by atoms with Crippen LogP contribution in [-0.4, -0.2) is 65.6 Å². The molecule has 1 aliphatic rings. The molecule has 1 aromatic heterocycles. The molecule has 0 atom stereocenters. The van der Waals surface area contributed by atoms with Crippen molar-refractivity contribution in [2.75, 3.05) is 31.9 Å². The molecule has 2 rings (SSSR count). The van der Waals surface area contributed by atoms with Crippen LogP contribution >= 0.6 is 0 Å². The number of piperazine rings is 1. The lowest BCUT2D eigenvalue weighted by molar-refractivity contribution is -0.134. The first-order chi connectivity index (χ1) is 9.47. The van der Waals surface area contributed by atoms with Gasteiger partial charge in [-0.3, -0.25) is 14.7 Å². The van der Waals surface area contributed by atoms with Crippen molar-refractivity contribution in [2.24, 2.45) is 0 Å². The molecule has 0 saturated carbocycles. The van der Waals surface area contributed by atoms with Gasteiger partial charge >= 0.3 is 5.97 Å². The third-order valence-corrected chi connectivity index (χ3v) is 4.95. The van der Waals surface area contributed by atoms with Gasteiger partial charge in [0.1, 0.15) is 0 Å². The van der Waals surface area contributed by atoms with Gasteiger partial charge in [-0.25, -0.2) is 8.42 Å². The number of hydrogen-bond acceptors (Lipinski definition) is 5. The first kappa shape index (κ1) is 14.9. The third kappa shape index (κ3) is 3.99. The second-order valence-electron chi connectivity index (χ2n) is 4.68. The summed E-state index contributed by atoms with van der Waals surface area (Å²) in [5.41, 5.74) is 1.13. The van der Waals surface area contributed by atoms with Crippen molar-refractivity contribution in [3.63, 3.8) is 0 Å². The Bertz CT molecular complexity index is 553. The predicted molar refractivity (Wildman–Crippen MR) is 72.5 cm³/mol. The van der Waals surface area contributed by atoms with E-state index in [1.807, 2.05) is 12.1 Å². The number of sulfonamides is 1. The van der Waals surface area contributed by atoms with Crippen LogP contribution in [-0.2, 0) is 21.4 Å². The lowest BCUT2D eigenvalue weighted by Crippen LogP contribution is -2.49. The zero-order valence-corrected chi connectivity index (χ0v) is 11.8. The van der Waals surface area contributed by atoms with Crippen LogP contribution in [0.3, 0.4) is 0 Å². The maximum Gasteiger partial charge on any atom is 0.320 e. The number of aliphatic carboxylic acids is 1. The van der Waals surface area contributed by atoms with E-state index in [2.05, 4.69) is 9.88 Å². The van der Waals surface area contributed by atoms with E-state index in [9.17, 15) is 13.2 Å². The van der Waals surface area contributed by atoms with Crippen molar-refractivity contribution >= 4 is 16.0 Å². The molecule has 7 nitrogen and oxygen atoms in total. The van der Waals surface area contributed by atoms with Gasteiger partial charge in [0.05, 0.1) is 0 Å². The lowest BCUT2D eigenvalue weighted by atomic mass is 10.2. The zero-order valence-electron chi connectivity index (χ0n) is 11.0. The average Bonchev–Trinajstić information content (AvgIpc) is 2.39. The van der Waals surface area contributed by atoms with Gasteiger partial charge in [0.15, 0.2) is 5.75 Å². The van der Waals surface area contributed by atoms with Crippen LogP contribution in [0, 0.1) is 0 Å². The number of carboxylic acids is 1. The highest BCUT2D eigenvalue weighted by Gasteiger charge is 2.28. The second-order valence-corrected chi connectivity index (χ2v) is 6.65. The molecule has 0 aromatic carbocycles. The Morgan fingerprint density at radius 2 is 1.80 bits per heavy atom. The molecule has 1 saturated heterocycles. The van der Waals surface area contributed by atoms with Crippen LogP contribution in [0.4, 0.5) is 0 Å². The van der Waals surface area contributed by atoms with Gasteiger partial charge in [0, 0.05) is 45.1 Å². The molecule has 0 amide bonds. The van der Waals surface area contributed by atoms with Gasteiger partial charge in [-0.2, -0.15) is 4.31 Å². The van der Waals surface area contributed by atoms with Gasteiger partial charge in [0.25, 0.3) is 0 Å². The highest BCUT2D eigenvalue weighted by Crippen LogP contribution is 2.11. The molecule has 2 heterocycles. The summed E-state index contributed by atoms with van der Waals surface area (Å²) in [5, 5.41) is 8.60. The average molecular weight is 299 g/mol. The first-order valence-electron chi connectivity index (χ1n) is 6.28. The molecular formula is C12H17N3O4S. The Kier molecular flexibility index (Phi) is 4.69. The Hall–Kier alpha value is -1.51. The van der Waals surface area contributed by atoms with E-state index in [-0.39, 0.29) is 0 Å². The monoisotopic (exact) mass is 299 g/mol. The van der Waals surface area contributed by atoms with Crippen molar-refractivity contribution in [3.8, 4) is 0 Å². The molecule has 20 heavy (non-hydrogen) atoms. The summed E-state index contributed by atoms with van der Waals surface area (Å²) in [6, 6.07) is 3.85. The van der Waals surface area contributed by atoms with Crippen molar-refractivity contribution in [1.29, 1.82) is 0 Å². The minimum atomic E-state index is -3.68. The summed E-state index contributed by atoms with van der Waals surface area (Å²) in [6.07, 6.45) is 3.45. The van der Waals surface area contributed by atoms with E-state index in [0.29, 0.717) is 26.2 Å². The molecule has 0 aliphatic carbocycles. The quantitative estimate of drug-likeness (QED) is 0.796. The summed E-state index contributed by atoms with van der Waals surface area (Å²) >= 11 is 0. The zero-order chi connectivity index (χ0) is 14.6. The minimum Gasteiger partial charge on any atom is -0.480 e. The fourth-order valence-corrected chi connectivity index (χ4v) is 3.37. The molecule has 1 aliphatic heterocycles. The van der Waals surface area contributed by atoms with Crippen molar-refractivity contribution in [2.45, 2.75) is 6.54 Å². The molecule has 0 bridgehead atoms. The number of nitrogens with zero attached hydrogens (tertiary/aromatic N) is 3. The number of carboxylic acid groups (broad SMARTS) is 1. The Morgan fingerprint density at radius 3 is 2.35 bits per heavy atom. The van der Waals surface area contributed by atoms with E-state index >= 15 is 0 Å². The molecule has 8 heteroatoms. The lowest BCUT2D eigenvalue weighted by Gasteiger charge is -2.33. The van der Waals surface area contributed by atoms with Crippen LogP contribution in [0.25, 0.3) is 0 Å². The minimum absolute atomic E-state index is 0.334. The maximum atomic E-state index is 11.8. The van der Waals surface area contributed by atoms with Crippen molar-refractivity contribution < 1.29 is 18.3 Å². The van der Waals surface area contributed by atoms with Crippen LogP contribution < -0.4 is 0 Å². The van der Waals surface area contributed by atoms with Crippen molar-refractivity contribution in [3.05, 3.63) is 30.1 Å². The molecule has 1 aromatic rings. The standard InChI is InChI=1S/C12H17N3O4S/c16-12(17)10-20(18,19)15-7-5-14(6-8-15)9-11-1-3-13-4-2-11/h1-4H,5-10H2,(H,16,17). The molecule has 1 N–H and O–H groups in total. The molecule has 1 fully saturated rings. The Morgan fingerprint density at radius 1 is 1.20 bits per heavy atom. The van der Waals surface area contributed by atoms with E-state index < -0.39 is 21.7 Å². The summed E-state index contributed by atoms with van der Waals surface area (Å²) in [7, 11) is -3.68.